The second-order valence-electron chi connectivity index (χ2n) is 4.74. The summed E-state index contributed by atoms with van der Waals surface area (Å²) in [5.74, 6) is 0. The lowest BCUT2D eigenvalue weighted by Gasteiger charge is -2.10. The third kappa shape index (κ3) is 2.70. The van der Waals surface area contributed by atoms with Crippen molar-refractivity contribution in [2.75, 3.05) is 0 Å². The van der Waals surface area contributed by atoms with Crippen molar-refractivity contribution in [3.63, 3.8) is 0 Å². The van der Waals surface area contributed by atoms with Gasteiger partial charge in [-0.2, -0.15) is 0 Å². The zero-order valence-corrected chi connectivity index (χ0v) is 12.3. The van der Waals surface area contributed by atoms with Crippen LogP contribution in [0.1, 0.15) is 25.3 Å². The lowest BCUT2D eigenvalue weighted by molar-refractivity contribution is 0.584. The van der Waals surface area contributed by atoms with Crippen LogP contribution in [0.4, 0.5) is 0 Å². The molecule has 5 heteroatoms. The Bertz CT molecular complexity index is 731. The van der Waals surface area contributed by atoms with E-state index in [1.54, 1.807) is 0 Å². The Morgan fingerprint density at radius 3 is 2.60 bits per heavy atom. The van der Waals surface area contributed by atoms with Crippen LogP contribution in [0.5, 0.6) is 0 Å². The van der Waals surface area contributed by atoms with Crippen LogP contribution in [0.15, 0.2) is 33.9 Å². The number of nitrogens with zero attached hydrogens (tertiary/aromatic N) is 1. The van der Waals surface area contributed by atoms with Crippen LogP contribution in [-0.4, -0.2) is 9.55 Å². The smallest absolute Gasteiger partial charge is 0.297 e. The molecule has 2 rings (SSSR count). The van der Waals surface area contributed by atoms with Crippen LogP contribution < -0.4 is 11.2 Å². The number of benzene rings is 1. The van der Waals surface area contributed by atoms with Gasteiger partial charge < -0.3 is 0 Å². The predicted octanol–water partition coefficient (Wildman–Crippen LogP) is 2.97. The minimum absolute atomic E-state index is 0.0991. The largest absolute Gasteiger partial charge is 0.329 e. The van der Waals surface area contributed by atoms with Crippen LogP contribution in [0.25, 0.3) is 11.1 Å². The molecule has 0 aliphatic heterocycles. The van der Waals surface area contributed by atoms with E-state index in [1.807, 2.05) is 38.1 Å². The molecule has 0 bridgehead atoms. The van der Waals surface area contributed by atoms with E-state index in [2.05, 4.69) is 4.98 Å². The first-order chi connectivity index (χ1) is 9.56. The van der Waals surface area contributed by atoms with E-state index in [-0.39, 0.29) is 10.7 Å². The average molecular weight is 293 g/mol. The highest BCUT2D eigenvalue weighted by molar-refractivity contribution is 6.32. The second-order valence-corrected chi connectivity index (χ2v) is 5.12. The van der Waals surface area contributed by atoms with Gasteiger partial charge in [0.1, 0.15) is 5.15 Å². The molecule has 0 aliphatic rings. The summed E-state index contributed by atoms with van der Waals surface area (Å²) in [6.45, 7) is 4.32. The first kappa shape index (κ1) is 14.6. The number of hydrogen-bond acceptors (Lipinski definition) is 2. The molecule has 0 radical (unpaired) electrons. The topological polar surface area (TPSA) is 54.9 Å². The van der Waals surface area contributed by atoms with E-state index in [9.17, 15) is 9.59 Å². The molecule has 2 aromatic rings. The Kier molecular flexibility index (Phi) is 4.45. The fourth-order valence-electron chi connectivity index (χ4n) is 2.15. The lowest BCUT2D eigenvalue weighted by atomic mass is 10.0. The molecule has 0 atom stereocenters. The Balaban J connectivity index is 2.68. The Morgan fingerprint density at radius 1 is 1.25 bits per heavy atom. The van der Waals surface area contributed by atoms with Gasteiger partial charge in [0.2, 0.25) is 0 Å². The SMILES string of the molecule is CCCCn1c(=O)[nH]c(Cl)c(-c2ccccc2C)c1=O. The van der Waals surface area contributed by atoms with Gasteiger partial charge in [-0.1, -0.05) is 49.2 Å². The maximum absolute atomic E-state index is 12.5. The van der Waals surface area contributed by atoms with Gasteiger partial charge >= 0.3 is 5.69 Å². The zero-order chi connectivity index (χ0) is 14.7. The van der Waals surface area contributed by atoms with Crippen LogP contribution in [0, 0.1) is 6.92 Å². The van der Waals surface area contributed by atoms with Gasteiger partial charge in [0.15, 0.2) is 0 Å². The number of unbranched alkanes of at least 4 members (excludes halogenated alkanes) is 1. The van der Waals surface area contributed by atoms with Crippen molar-refractivity contribution < 1.29 is 0 Å². The molecular weight excluding hydrogens is 276 g/mol. The van der Waals surface area contributed by atoms with Gasteiger partial charge in [0.25, 0.3) is 5.56 Å². The number of halogens is 1. The minimum Gasteiger partial charge on any atom is -0.297 e. The Hall–Kier alpha value is -1.81. The van der Waals surface area contributed by atoms with Crippen LogP contribution >= 0.6 is 11.6 Å². The molecule has 20 heavy (non-hydrogen) atoms. The highest BCUT2D eigenvalue weighted by Gasteiger charge is 2.15. The molecule has 0 aliphatic carbocycles. The van der Waals surface area contributed by atoms with E-state index in [1.165, 1.54) is 4.57 Å². The van der Waals surface area contributed by atoms with E-state index in [0.29, 0.717) is 12.1 Å². The summed E-state index contributed by atoms with van der Waals surface area (Å²) < 4.78 is 1.22. The van der Waals surface area contributed by atoms with Gasteiger partial charge in [0.05, 0.1) is 5.56 Å². The third-order valence-corrected chi connectivity index (χ3v) is 3.57. The molecule has 106 valence electrons. The van der Waals surface area contributed by atoms with Crippen LogP contribution in [0.2, 0.25) is 5.15 Å². The standard InChI is InChI=1S/C15H17ClN2O2/c1-3-4-9-18-14(19)12(13(16)17-15(18)20)11-8-6-5-7-10(11)2/h5-8H,3-4,9H2,1-2H3,(H,17,20). The molecule has 0 fully saturated rings. The van der Waals surface area contributed by atoms with Crippen molar-refractivity contribution in [1.29, 1.82) is 0 Å². The molecule has 1 heterocycles. The summed E-state index contributed by atoms with van der Waals surface area (Å²) >= 11 is 6.08. The quantitative estimate of drug-likeness (QED) is 0.881. The Morgan fingerprint density at radius 2 is 1.95 bits per heavy atom. The molecule has 0 saturated carbocycles. The summed E-state index contributed by atoms with van der Waals surface area (Å²) in [6.07, 6.45) is 1.69. The first-order valence-electron chi connectivity index (χ1n) is 6.65. The molecule has 0 saturated heterocycles. The van der Waals surface area contributed by atoms with Crippen molar-refractivity contribution in [2.45, 2.75) is 33.2 Å². The molecule has 0 amide bonds. The van der Waals surface area contributed by atoms with E-state index in [0.717, 1.165) is 24.0 Å². The normalized spacial score (nSPS) is 10.8. The second kappa shape index (κ2) is 6.09. The highest BCUT2D eigenvalue weighted by atomic mass is 35.5. The van der Waals surface area contributed by atoms with E-state index >= 15 is 0 Å². The third-order valence-electron chi connectivity index (χ3n) is 3.29. The number of hydrogen-bond donors (Lipinski definition) is 1. The van der Waals surface area contributed by atoms with Gasteiger partial charge in [-0.3, -0.25) is 14.3 Å². The van der Waals surface area contributed by atoms with Crippen molar-refractivity contribution in [1.82, 2.24) is 9.55 Å². The average Bonchev–Trinajstić information content (AvgIpc) is 2.40. The lowest BCUT2D eigenvalue weighted by Crippen LogP contribution is -2.36. The summed E-state index contributed by atoms with van der Waals surface area (Å²) in [4.78, 5) is 26.9. The highest BCUT2D eigenvalue weighted by Crippen LogP contribution is 2.24. The van der Waals surface area contributed by atoms with Gasteiger partial charge in [-0.05, 0) is 24.5 Å². The molecule has 0 unspecified atom stereocenters. The molecule has 1 N–H and O–H groups in total. The molecule has 1 aromatic carbocycles. The van der Waals surface area contributed by atoms with Crippen molar-refractivity contribution >= 4 is 11.6 Å². The van der Waals surface area contributed by atoms with Crippen molar-refractivity contribution in [3.05, 3.63) is 55.8 Å². The number of rotatable bonds is 4. The van der Waals surface area contributed by atoms with Crippen LogP contribution in [0.3, 0.4) is 0 Å². The monoisotopic (exact) mass is 292 g/mol. The summed E-state index contributed by atoms with van der Waals surface area (Å²) in [6, 6.07) is 7.49. The fourth-order valence-corrected chi connectivity index (χ4v) is 2.41. The summed E-state index contributed by atoms with van der Waals surface area (Å²) in [5.41, 5.74) is 1.28. The van der Waals surface area contributed by atoms with Crippen molar-refractivity contribution in [2.24, 2.45) is 0 Å². The predicted molar refractivity (Wildman–Crippen MR) is 81.4 cm³/mol. The number of aryl methyl sites for hydroxylation is 1. The van der Waals surface area contributed by atoms with Gasteiger partial charge in [-0.25, -0.2) is 4.79 Å². The molecule has 1 aromatic heterocycles. The number of aromatic amines is 1. The van der Waals surface area contributed by atoms with Crippen LogP contribution in [-0.2, 0) is 6.54 Å². The zero-order valence-electron chi connectivity index (χ0n) is 11.6. The maximum Gasteiger partial charge on any atom is 0.329 e. The summed E-state index contributed by atoms with van der Waals surface area (Å²) in [5, 5.41) is 0.0991. The fraction of sp³-hybridized carbons (Fsp3) is 0.333. The number of aromatic nitrogens is 2. The summed E-state index contributed by atoms with van der Waals surface area (Å²) in [7, 11) is 0. The van der Waals surface area contributed by atoms with E-state index < -0.39 is 5.69 Å². The first-order valence-corrected chi connectivity index (χ1v) is 7.02. The maximum atomic E-state index is 12.5. The number of H-pyrrole nitrogens is 1. The van der Waals surface area contributed by atoms with E-state index in [4.69, 9.17) is 11.6 Å². The minimum atomic E-state index is -0.453. The Labute approximate surface area is 122 Å². The molecular formula is C15H17ClN2O2. The number of nitrogens with one attached hydrogen (secondary N) is 1. The van der Waals surface area contributed by atoms with Gasteiger partial charge in [-0.15, -0.1) is 0 Å². The molecule has 4 nitrogen and oxygen atoms in total. The molecule has 0 spiro atoms. The van der Waals surface area contributed by atoms with Gasteiger partial charge in [0, 0.05) is 6.54 Å². The van der Waals surface area contributed by atoms with Crippen molar-refractivity contribution in [3.8, 4) is 11.1 Å².